The fraction of sp³-hybridized carbons (Fsp3) is 0.909. The van der Waals surface area contributed by atoms with Crippen LogP contribution >= 0.6 is 0 Å². The van der Waals surface area contributed by atoms with E-state index >= 15 is 0 Å². The second kappa shape index (κ2) is 11.1. The van der Waals surface area contributed by atoms with Crippen molar-refractivity contribution in [3.8, 4) is 0 Å². The molecule has 0 aliphatic carbocycles. The van der Waals surface area contributed by atoms with Crippen LogP contribution in [0.3, 0.4) is 0 Å². The van der Waals surface area contributed by atoms with Crippen molar-refractivity contribution in [1.82, 2.24) is 0 Å². The summed E-state index contributed by atoms with van der Waals surface area (Å²) in [6, 6.07) is 0. The molecule has 0 aromatic rings. The molecule has 0 N–H and O–H groups in total. The van der Waals surface area contributed by atoms with Gasteiger partial charge in [0.15, 0.2) is 0 Å². The summed E-state index contributed by atoms with van der Waals surface area (Å²) in [5.74, 6) is 1.58. The van der Waals surface area contributed by atoms with Crippen molar-refractivity contribution in [2.45, 2.75) is 111 Å². The summed E-state index contributed by atoms with van der Waals surface area (Å²) in [4.78, 5) is 0. The Kier molecular flexibility index (Phi) is 11.4. The van der Waals surface area contributed by atoms with E-state index < -0.39 is 8.32 Å². The third kappa shape index (κ3) is 4.84. The van der Waals surface area contributed by atoms with Crippen LogP contribution < -0.4 is 0 Å². The SMILES string of the molecule is CC[C@H]1[CH-][C@H]2O[C@@H]1[C@@H](C)[C@@H](O[Si](C(C)C)(C(C)C)C(C)C)[C@H]2C.[CH2-]C.[Zn+2]. The van der Waals surface area contributed by atoms with Crippen LogP contribution in [0.5, 0.6) is 0 Å². The first-order valence-corrected chi connectivity index (χ1v) is 12.7. The normalized spacial score (nSPS) is 33.9. The van der Waals surface area contributed by atoms with Crippen molar-refractivity contribution >= 4 is 8.32 Å². The Morgan fingerprint density at radius 3 is 1.81 bits per heavy atom. The molecule has 2 nitrogen and oxygen atoms in total. The molecular weight excluding hydrogens is 390 g/mol. The summed E-state index contributed by atoms with van der Waals surface area (Å²) in [6.07, 6.45) is 4.67. The second-order valence-electron chi connectivity index (χ2n) is 8.95. The maximum Gasteiger partial charge on any atom is 2.00 e. The molecule has 4 heteroatoms. The Hall–Kier alpha value is 0.760. The predicted octanol–water partition coefficient (Wildman–Crippen LogP) is 6.67. The molecule has 0 aromatic heterocycles. The summed E-state index contributed by atoms with van der Waals surface area (Å²) in [6.45, 7) is 26.3. The van der Waals surface area contributed by atoms with Crippen LogP contribution in [-0.2, 0) is 28.6 Å². The summed E-state index contributed by atoms with van der Waals surface area (Å²) in [5, 5.41) is 0. The molecule has 2 fully saturated rings. The maximum atomic E-state index is 7.20. The van der Waals surface area contributed by atoms with Gasteiger partial charge in [0.2, 0.25) is 8.32 Å². The smallest absolute Gasteiger partial charge is 0.413 e. The average Bonchev–Trinajstić information content (AvgIpc) is 2.96. The van der Waals surface area contributed by atoms with Crippen LogP contribution in [0.15, 0.2) is 0 Å². The van der Waals surface area contributed by atoms with Gasteiger partial charge in [0.05, 0.1) is 6.10 Å². The van der Waals surface area contributed by atoms with E-state index in [2.05, 4.69) is 75.7 Å². The molecule has 0 amide bonds. The Morgan fingerprint density at radius 1 is 0.962 bits per heavy atom. The molecule has 2 saturated heterocycles. The molecule has 2 aliphatic heterocycles. The largest absolute Gasteiger partial charge is 2.00 e. The third-order valence-corrected chi connectivity index (χ3v) is 12.9. The minimum absolute atomic E-state index is 0. The van der Waals surface area contributed by atoms with Crippen molar-refractivity contribution in [3.05, 3.63) is 13.3 Å². The van der Waals surface area contributed by atoms with Gasteiger partial charge in [-0.3, -0.25) is 6.42 Å². The van der Waals surface area contributed by atoms with Crippen molar-refractivity contribution in [3.63, 3.8) is 0 Å². The standard InChI is InChI=1S/C20H39O2Si.C2H5.Zn/c1-10-17-11-18-15(8)19(16(9)20(17)21-18)22-23(12(2)3,13(4)5)14(6)7;1-2;/h11-20H,10H2,1-9H3;1H2,2H3;/q2*-1;+2/t15-,16-,17-,18+,19-,20+;;/m0../s1. The molecule has 0 saturated carbocycles. The Balaban J connectivity index is 0.00000201. The molecule has 2 rings (SSSR count). The molecule has 150 valence electrons. The van der Waals surface area contributed by atoms with E-state index in [-0.39, 0.29) is 19.5 Å². The molecule has 6 atom stereocenters. The molecule has 2 heterocycles. The van der Waals surface area contributed by atoms with Crippen LogP contribution in [0.1, 0.15) is 75.7 Å². The molecule has 2 aliphatic rings. The van der Waals surface area contributed by atoms with Gasteiger partial charge in [-0.05, 0) is 22.5 Å². The quantitative estimate of drug-likeness (QED) is 0.344. The van der Waals surface area contributed by atoms with E-state index in [1.165, 1.54) is 6.42 Å². The van der Waals surface area contributed by atoms with Crippen molar-refractivity contribution in [2.75, 3.05) is 0 Å². The Bertz CT molecular complexity index is 376. The van der Waals surface area contributed by atoms with Crippen LogP contribution in [0.4, 0.5) is 0 Å². The van der Waals surface area contributed by atoms with Crippen molar-refractivity contribution in [1.29, 1.82) is 0 Å². The fourth-order valence-corrected chi connectivity index (χ4v) is 11.3. The third-order valence-electron chi connectivity index (χ3n) is 6.76. The van der Waals surface area contributed by atoms with Gasteiger partial charge in [-0.1, -0.05) is 74.8 Å². The maximum absolute atomic E-state index is 7.20. The van der Waals surface area contributed by atoms with Crippen LogP contribution in [0.25, 0.3) is 0 Å². The van der Waals surface area contributed by atoms with E-state index in [0.717, 1.165) is 0 Å². The monoisotopic (exact) mass is 432 g/mol. The predicted molar refractivity (Wildman–Crippen MR) is 112 cm³/mol. The fourth-order valence-electron chi connectivity index (χ4n) is 5.57. The van der Waals surface area contributed by atoms with Crippen LogP contribution in [-0.4, -0.2) is 26.6 Å². The molecular formula is C22H44O2SiZn. The molecule has 0 aromatic carbocycles. The van der Waals surface area contributed by atoms with E-state index in [1.54, 1.807) is 6.92 Å². The first-order chi connectivity index (χ1) is 11.7. The number of rotatable bonds is 6. The average molecular weight is 434 g/mol. The van der Waals surface area contributed by atoms with Crippen LogP contribution in [0.2, 0.25) is 16.6 Å². The minimum atomic E-state index is -1.83. The number of hydrogen-bond donors (Lipinski definition) is 0. The zero-order valence-corrected chi connectivity index (χ0v) is 23.2. The summed E-state index contributed by atoms with van der Waals surface area (Å²) >= 11 is 0. The summed E-state index contributed by atoms with van der Waals surface area (Å²) < 4.78 is 13.5. The first kappa shape index (κ1) is 26.8. The molecule has 26 heavy (non-hydrogen) atoms. The molecule has 2 bridgehead atoms. The van der Waals surface area contributed by atoms with Gasteiger partial charge >= 0.3 is 19.5 Å². The van der Waals surface area contributed by atoms with Gasteiger partial charge in [-0.15, -0.1) is 5.92 Å². The van der Waals surface area contributed by atoms with Gasteiger partial charge in [-0.25, -0.2) is 0 Å². The van der Waals surface area contributed by atoms with Gasteiger partial charge in [-0.2, -0.15) is 6.92 Å². The Labute approximate surface area is 178 Å². The molecule has 0 spiro atoms. The van der Waals surface area contributed by atoms with Crippen molar-refractivity contribution < 1.29 is 28.6 Å². The zero-order chi connectivity index (χ0) is 19.5. The summed E-state index contributed by atoms with van der Waals surface area (Å²) in [7, 11) is -1.83. The van der Waals surface area contributed by atoms with Crippen molar-refractivity contribution in [2.24, 2.45) is 17.8 Å². The van der Waals surface area contributed by atoms with Gasteiger partial charge < -0.3 is 16.1 Å². The topological polar surface area (TPSA) is 18.5 Å². The number of fused-ring (bicyclic) bond motifs is 2. The van der Waals surface area contributed by atoms with E-state index in [1.807, 2.05) is 0 Å². The first-order valence-electron chi connectivity index (χ1n) is 10.6. The zero-order valence-electron chi connectivity index (χ0n) is 19.2. The van der Waals surface area contributed by atoms with Gasteiger partial charge in [0.25, 0.3) is 0 Å². The van der Waals surface area contributed by atoms with Crippen LogP contribution in [0, 0.1) is 31.1 Å². The van der Waals surface area contributed by atoms with Gasteiger partial charge in [0.1, 0.15) is 0 Å². The van der Waals surface area contributed by atoms with E-state index in [9.17, 15) is 0 Å². The van der Waals surface area contributed by atoms with E-state index in [0.29, 0.717) is 52.7 Å². The number of hydrogen-bond acceptors (Lipinski definition) is 2. The molecule has 0 radical (unpaired) electrons. The van der Waals surface area contributed by atoms with Gasteiger partial charge in [0, 0.05) is 12.0 Å². The minimum Gasteiger partial charge on any atom is -0.413 e. The molecule has 0 unspecified atom stereocenters. The second-order valence-corrected chi connectivity index (χ2v) is 14.4. The van der Waals surface area contributed by atoms with E-state index in [4.69, 9.17) is 9.16 Å². The Morgan fingerprint density at radius 2 is 1.42 bits per heavy atom. The number of ether oxygens (including phenoxy) is 1. The summed E-state index contributed by atoms with van der Waals surface area (Å²) in [5.41, 5.74) is 1.94.